The summed E-state index contributed by atoms with van der Waals surface area (Å²) in [6.45, 7) is 2.31. The Morgan fingerprint density at radius 2 is 2.25 bits per heavy atom. The van der Waals surface area contributed by atoms with Crippen molar-refractivity contribution in [1.29, 1.82) is 0 Å². The van der Waals surface area contributed by atoms with Crippen molar-refractivity contribution in [3.05, 3.63) is 28.8 Å². The van der Waals surface area contributed by atoms with Crippen LogP contribution in [0.4, 0.5) is 0 Å². The van der Waals surface area contributed by atoms with Crippen LogP contribution in [0.25, 0.3) is 0 Å². The molecule has 0 aromatic heterocycles. The highest BCUT2D eigenvalue weighted by Crippen LogP contribution is 2.25. The lowest BCUT2D eigenvalue weighted by Crippen LogP contribution is -2.32. The van der Waals surface area contributed by atoms with Gasteiger partial charge in [0.05, 0.1) is 18.2 Å². The van der Waals surface area contributed by atoms with Gasteiger partial charge in [0.25, 0.3) is 0 Å². The molecule has 1 atom stereocenters. The number of methoxy groups -OCH3 is 1. The largest absolute Gasteiger partial charge is 0.495 e. The van der Waals surface area contributed by atoms with Crippen LogP contribution in [0, 0.1) is 0 Å². The molecule has 0 saturated carbocycles. The van der Waals surface area contributed by atoms with Gasteiger partial charge >= 0.3 is 0 Å². The Kier molecular flexibility index (Phi) is 7.41. The van der Waals surface area contributed by atoms with Crippen LogP contribution in [-0.2, 0) is 11.2 Å². The number of carbonyl (C=O) groups excluding carboxylic acids is 1. The molecular weight excluding hydrogens is 278 g/mol. The standard InChI is InChI=1S/C15H22ClNO3/c1-3-4-12(18)10-17-15(19)8-6-11-5-7-14(20-2)13(16)9-11/h5,7,9,12,18H,3-4,6,8,10H2,1-2H3,(H,17,19). The molecule has 0 heterocycles. The number of halogens is 1. The van der Waals surface area contributed by atoms with E-state index in [2.05, 4.69) is 5.32 Å². The zero-order chi connectivity index (χ0) is 15.0. The second kappa shape index (κ2) is 8.82. The number of hydrogen-bond acceptors (Lipinski definition) is 3. The van der Waals surface area contributed by atoms with E-state index in [-0.39, 0.29) is 5.91 Å². The quantitative estimate of drug-likeness (QED) is 0.775. The number of ether oxygens (including phenoxy) is 1. The van der Waals surface area contributed by atoms with Crippen molar-refractivity contribution in [3.63, 3.8) is 0 Å². The first-order chi connectivity index (χ1) is 9.56. The molecule has 0 aliphatic rings. The molecule has 20 heavy (non-hydrogen) atoms. The van der Waals surface area contributed by atoms with Crippen molar-refractivity contribution in [2.24, 2.45) is 0 Å². The van der Waals surface area contributed by atoms with Crippen molar-refractivity contribution in [2.75, 3.05) is 13.7 Å². The summed E-state index contributed by atoms with van der Waals surface area (Å²) in [5.41, 5.74) is 0.986. The lowest BCUT2D eigenvalue weighted by molar-refractivity contribution is -0.121. The fourth-order valence-electron chi connectivity index (χ4n) is 1.88. The number of aryl methyl sites for hydroxylation is 1. The van der Waals surface area contributed by atoms with Crippen LogP contribution in [0.15, 0.2) is 18.2 Å². The number of carbonyl (C=O) groups is 1. The van der Waals surface area contributed by atoms with Crippen LogP contribution in [0.3, 0.4) is 0 Å². The molecule has 5 heteroatoms. The van der Waals surface area contributed by atoms with E-state index in [9.17, 15) is 9.90 Å². The summed E-state index contributed by atoms with van der Waals surface area (Å²) in [5.74, 6) is 0.564. The van der Waals surface area contributed by atoms with Crippen molar-refractivity contribution in [2.45, 2.75) is 38.7 Å². The van der Waals surface area contributed by atoms with Gasteiger partial charge in [-0.25, -0.2) is 0 Å². The fraction of sp³-hybridized carbons (Fsp3) is 0.533. The van der Waals surface area contributed by atoms with Crippen LogP contribution < -0.4 is 10.1 Å². The van der Waals surface area contributed by atoms with Gasteiger partial charge in [-0.2, -0.15) is 0 Å². The van der Waals surface area contributed by atoms with E-state index in [1.54, 1.807) is 19.2 Å². The van der Waals surface area contributed by atoms with Crippen LogP contribution >= 0.6 is 11.6 Å². The van der Waals surface area contributed by atoms with Crippen molar-refractivity contribution in [3.8, 4) is 5.75 Å². The van der Waals surface area contributed by atoms with E-state index in [1.807, 2.05) is 13.0 Å². The van der Waals surface area contributed by atoms with Gasteiger partial charge in [-0.1, -0.05) is 31.0 Å². The van der Waals surface area contributed by atoms with Crippen molar-refractivity contribution in [1.82, 2.24) is 5.32 Å². The normalized spacial score (nSPS) is 12.0. The van der Waals surface area contributed by atoms with E-state index in [0.717, 1.165) is 12.0 Å². The topological polar surface area (TPSA) is 58.6 Å². The maximum atomic E-state index is 11.7. The molecule has 0 bridgehead atoms. The zero-order valence-electron chi connectivity index (χ0n) is 12.0. The van der Waals surface area contributed by atoms with E-state index in [4.69, 9.17) is 16.3 Å². The number of rotatable bonds is 8. The minimum atomic E-state index is -0.459. The third kappa shape index (κ3) is 5.80. The van der Waals surface area contributed by atoms with Gasteiger partial charge in [-0.15, -0.1) is 0 Å². The number of nitrogens with one attached hydrogen (secondary N) is 1. The molecule has 2 N–H and O–H groups in total. The molecule has 1 aromatic carbocycles. The molecule has 0 aliphatic heterocycles. The van der Waals surface area contributed by atoms with Crippen LogP contribution in [0.1, 0.15) is 31.7 Å². The van der Waals surface area contributed by atoms with Gasteiger partial charge in [0.15, 0.2) is 0 Å². The molecule has 4 nitrogen and oxygen atoms in total. The third-order valence-corrected chi connectivity index (χ3v) is 3.31. The first-order valence-electron chi connectivity index (χ1n) is 6.84. The smallest absolute Gasteiger partial charge is 0.220 e. The SMILES string of the molecule is CCCC(O)CNC(=O)CCc1ccc(OC)c(Cl)c1. The first-order valence-corrected chi connectivity index (χ1v) is 7.21. The second-order valence-electron chi connectivity index (χ2n) is 4.72. The fourth-order valence-corrected chi connectivity index (χ4v) is 2.16. The molecule has 1 rings (SSSR count). The number of aliphatic hydroxyl groups excluding tert-OH is 1. The molecule has 1 amide bonds. The molecule has 0 fully saturated rings. The average molecular weight is 300 g/mol. The number of benzene rings is 1. The van der Waals surface area contributed by atoms with Crippen LogP contribution in [0.2, 0.25) is 5.02 Å². The predicted molar refractivity (Wildman–Crippen MR) is 80.2 cm³/mol. The van der Waals surface area contributed by atoms with Gasteiger partial charge in [0.2, 0.25) is 5.91 Å². The van der Waals surface area contributed by atoms with Gasteiger partial charge in [-0.3, -0.25) is 4.79 Å². The Morgan fingerprint density at radius 1 is 1.50 bits per heavy atom. The summed E-state index contributed by atoms with van der Waals surface area (Å²) in [7, 11) is 1.57. The van der Waals surface area contributed by atoms with E-state index in [1.165, 1.54) is 0 Å². The molecule has 0 radical (unpaired) electrons. The molecular formula is C15H22ClNO3. The molecule has 0 spiro atoms. The summed E-state index contributed by atoms with van der Waals surface area (Å²) in [6.07, 6.45) is 2.14. The Morgan fingerprint density at radius 3 is 2.85 bits per heavy atom. The van der Waals surface area contributed by atoms with Crippen LogP contribution in [0.5, 0.6) is 5.75 Å². The zero-order valence-corrected chi connectivity index (χ0v) is 12.7. The van der Waals surface area contributed by atoms with E-state index < -0.39 is 6.10 Å². The van der Waals surface area contributed by atoms with Crippen LogP contribution in [-0.4, -0.2) is 30.8 Å². The molecule has 0 aliphatic carbocycles. The Labute approximate surface area is 125 Å². The minimum absolute atomic E-state index is 0.0629. The van der Waals surface area contributed by atoms with Gasteiger partial charge in [-0.05, 0) is 30.5 Å². The number of amides is 1. The summed E-state index contributed by atoms with van der Waals surface area (Å²) in [6, 6.07) is 5.49. The highest BCUT2D eigenvalue weighted by molar-refractivity contribution is 6.32. The van der Waals surface area contributed by atoms with Crippen molar-refractivity contribution < 1.29 is 14.6 Å². The van der Waals surface area contributed by atoms with E-state index in [0.29, 0.717) is 36.6 Å². The summed E-state index contributed by atoms with van der Waals surface area (Å²) in [4.78, 5) is 11.7. The lowest BCUT2D eigenvalue weighted by atomic mass is 10.1. The summed E-state index contributed by atoms with van der Waals surface area (Å²) in [5, 5.41) is 12.8. The first kappa shape index (κ1) is 16.8. The van der Waals surface area contributed by atoms with Gasteiger partial charge in [0, 0.05) is 13.0 Å². The molecule has 0 saturated heterocycles. The third-order valence-electron chi connectivity index (χ3n) is 3.01. The molecule has 1 unspecified atom stereocenters. The Hall–Kier alpha value is -1.26. The number of hydrogen-bond donors (Lipinski definition) is 2. The monoisotopic (exact) mass is 299 g/mol. The summed E-state index contributed by atoms with van der Waals surface area (Å²) >= 11 is 6.02. The molecule has 112 valence electrons. The molecule has 1 aromatic rings. The van der Waals surface area contributed by atoms with Crippen molar-refractivity contribution >= 4 is 17.5 Å². The minimum Gasteiger partial charge on any atom is -0.495 e. The Balaban J connectivity index is 2.35. The highest BCUT2D eigenvalue weighted by atomic mass is 35.5. The van der Waals surface area contributed by atoms with E-state index >= 15 is 0 Å². The Bertz CT molecular complexity index is 437. The highest BCUT2D eigenvalue weighted by Gasteiger charge is 2.07. The maximum absolute atomic E-state index is 11.7. The summed E-state index contributed by atoms with van der Waals surface area (Å²) < 4.78 is 5.07. The van der Waals surface area contributed by atoms with Gasteiger partial charge < -0.3 is 15.2 Å². The average Bonchev–Trinajstić information content (AvgIpc) is 2.43. The predicted octanol–water partition coefficient (Wildman–Crippen LogP) is 2.56. The maximum Gasteiger partial charge on any atom is 0.220 e. The van der Waals surface area contributed by atoms with Gasteiger partial charge in [0.1, 0.15) is 5.75 Å². The number of aliphatic hydroxyl groups is 1. The second-order valence-corrected chi connectivity index (χ2v) is 5.12. The lowest BCUT2D eigenvalue weighted by Gasteiger charge is -2.11.